The maximum Gasteiger partial charge on any atom is 0.0562 e. The first-order valence-corrected chi connectivity index (χ1v) is 6.98. The number of hydrogen-bond donors (Lipinski definition) is 1. The van der Waals surface area contributed by atoms with Crippen molar-refractivity contribution < 1.29 is 0 Å². The van der Waals surface area contributed by atoms with E-state index in [1.165, 1.54) is 30.2 Å². The van der Waals surface area contributed by atoms with Gasteiger partial charge in [0.25, 0.3) is 0 Å². The summed E-state index contributed by atoms with van der Waals surface area (Å²) < 4.78 is 0. The smallest absolute Gasteiger partial charge is 0.0562 e. The van der Waals surface area contributed by atoms with Gasteiger partial charge in [-0.3, -0.25) is 4.98 Å². The minimum absolute atomic E-state index is 0.844. The maximum absolute atomic E-state index is 4.35. The van der Waals surface area contributed by atoms with E-state index in [0.717, 1.165) is 18.8 Å². The summed E-state index contributed by atoms with van der Waals surface area (Å²) >= 11 is 2.06. The first-order chi connectivity index (χ1) is 7.90. The second-order valence-corrected chi connectivity index (χ2v) is 5.21. The number of nitrogens with zero attached hydrogens (tertiary/aromatic N) is 2. The second kappa shape index (κ2) is 6.11. The molecule has 0 saturated carbocycles. The van der Waals surface area contributed by atoms with Crippen LogP contribution in [0.1, 0.15) is 12.1 Å². The van der Waals surface area contributed by atoms with Crippen LogP contribution in [0, 0.1) is 0 Å². The van der Waals surface area contributed by atoms with Gasteiger partial charge < -0.3 is 10.2 Å². The summed E-state index contributed by atoms with van der Waals surface area (Å²) in [5.41, 5.74) is 2.44. The van der Waals surface area contributed by atoms with E-state index >= 15 is 0 Å². The van der Waals surface area contributed by atoms with Crippen LogP contribution in [0.2, 0.25) is 0 Å². The molecule has 1 N–H and O–H groups in total. The van der Waals surface area contributed by atoms with Gasteiger partial charge in [-0.1, -0.05) is 0 Å². The van der Waals surface area contributed by atoms with Gasteiger partial charge in [-0.15, -0.1) is 0 Å². The molecule has 88 valence electrons. The van der Waals surface area contributed by atoms with Crippen LogP contribution >= 0.6 is 11.8 Å². The molecule has 16 heavy (non-hydrogen) atoms. The average Bonchev–Trinajstić information content (AvgIpc) is 2.58. The predicted octanol–water partition coefficient (Wildman–Crippen LogP) is 1.74. The van der Waals surface area contributed by atoms with Crippen molar-refractivity contribution in [1.82, 2.24) is 10.3 Å². The van der Waals surface area contributed by atoms with Gasteiger partial charge in [-0.05, 0) is 31.4 Å². The fraction of sp³-hybridized carbons (Fsp3) is 0.583. The lowest BCUT2D eigenvalue weighted by molar-refractivity contribution is 0.781. The topological polar surface area (TPSA) is 28.2 Å². The number of nitrogens with one attached hydrogen (secondary N) is 1. The van der Waals surface area contributed by atoms with Crippen LogP contribution < -0.4 is 10.2 Å². The third-order valence-corrected chi connectivity index (χ3v) is 3.79. The van der Waals surface area contributed by atoms with Crippen LogP contribution in [0.15, 0.2) is 18.3 Å². The minimum Gasteiger partial charge on any atom is -0.371 e. The van der Waals surface area contributed by atoms with Crippen molar-refractivity contribution in [2.75, 3.05) is 36.5 Å². The Morgan fingerprint density at radius 1 is 1.44 bits per heavy atom. The zero-order valence-corrected chi connectivity index (χ0v) is 10.6. The van der Waals surface area contributed by atoms with E-state index in [4.69, 9.17) is 0 Å². The number of hydrogen-bond acceptors (Lipinski definition) is 4. The minimum atomic E-state index is 0.844. The highest BCUT2D eigenvalue weighted by atomic mass is 32.2. The molecule has 0 aromatic carbocycles. The van der Waals surface area contributed by atoms with Gasteiger partial charge in [0, 0.05) is 37.3 Å². The molecule has 1 aromatic rings. The van der Waals surface area contributed by atoms with E-state index in [2.05, 4.69) is 39.1 Å². The molecule has 1 fully saturated rings. The van der Waals surface area contributed by atoms with Gasteiger partial charge in [0.1, 0.15) is 0 Å². The zero-order valence-electron chi connectivity index (χ0n) is 9.78. The number of pyridine rings is 1. The van der Waals surface area contributed by atoms with Crippen LogP contribution in [-0.4, -0.2) is 36.6 Å². The molecular weight excluding hydrogens is 218 g/mol. The van der Waals surface area contributed by atoms with Crippen molar-refractivity contribution in [2.45, 2.75) is 13.0 Å². The number of rotatable bonds is 3. The Labute approximate surface area is 102 Å². The second-order valence-electron chi connectivity index (χ2n) is 3.99. The Kier molecular flexibility index (Phi) is 4.48. The number of aromatic nitrogens is 1. The zero-order chi connectivity index (χ0) is 11.2. The van der Waals surface area contributed by atoms with Crippen LogP contribution in [0.5, 0.6) is 0 Å². The maximum atomic E-state index is 4.35. The van der Waals surface area contributed by atoms with E-state index < -0.39 is 0 Å². The highest BCUT2D eigenvalue weighted by molar-refractivity contribution is 7.99. The largest absolute Gasteiger partial charge is 0.371 e. The molecule has 3 nitrogen and oxygen atoms in total. The van der Waals surface area contributed by atoms with Gasteiger partial charge >= 0.3 is 0 Å². The van der Waals surface area contributed by atoms with E-state index in [1.54, 1.807) is 0 Å². The molecule has 1 aromatic heterocycles. The lowest BCUT2D eigenvalue weighted by Crippen LogP contribution is -2.25. The van der Waals surface area contributed by atoms with Crippen molar-refractivity contribution in [3.05, 3.63) is 24.0 Å². The van der Waals surface area contributed by atoms with E-state index in [0.29, 0.717) is 0 Å². The molecule has 0 amide bonds. The number of thioether (sulfide) groups is 1. The summed E-state index contributed by atoms with van der Waals surface area (Å²) in [6, 6.07) is 4.32. The molecule has 0 atom stereocenters. The molecule has 0 radical (unpaired) electrons. The molecule has 1 aliphatic rings. The van der Waals surface area contributed by atoms with Gasteiger partial charge in [0.05, 0.1) is 5.69 Å². The van der Waals surface area contributed by atoms with Gasteiger partial charge in [-0.2, -0.15) is 11.8 Å². The predicted molar refractivity (Wildman–Crippen MR) is 71.2 cm³/mol. The quantitative estimate of drug-likeness (QED) is 0.867. The average molecular weight is 237 g/mol. The monoisotopic (exact) mass is 237 g/mol. The molecule has 0 unspecified atom stereocenters. The summed E-state index contributed by atoms with van der Waals surface area (Å²) in [7, 11) is 1.96. The van der Waals surface area contributed by atoms with Crippen molar-refractivity contribution in [1.29, 1.82) is 0 Å². The Morgan fingerprint density at radius 2 is 2.38 bits per heavy atom. The normalized spacial score (nSPS) is 17.2. The Hall–Kier alpha value is -0.740. The van der Waals surface area contributed by atoms with E-state index in [1.807, 2.05) is 13.2 Å². The fourth-order valence-electron chi connectivity index (χ4n) is 1.94. The Balaban J connectivity index is 2.08. The summed E-state index contributed by atoms with van der Waals surface area (Å²) in [6.45, 7) is 3.18. The molecule has 0 aliphatic carbocycles. The highest BCUT2D eigenvalue weighted by Gasteiger charge is 2.10. The third kappa shape index (κ3) is 3.12. The summed E-state index contributed by atoms with van der Waals surface area (Å²) in [4.78, 5) is 6.83. The van der Waals surface area contributed by atoms with Crippen LogP contribution in [-0.2, 0) is 6.54 Å². The van der Waals surface area contributed by atoms with Crippen molar-refractivity contribution in [3.8, 4) is 0 Å². The van der Waals surface area contributed by atoms with Gasteiger partial charge in [-0.25, -0.2) is 0 Å². The van der Waals surface area contributed by atoms with Crippen LogP contribution in [0.3, 0.4) is 0 Å². The standard InChI is InChI=1S/C12H19N3S/c1-13-10-11-9-12(3-4-14-11)15-5-2-7-16-8-6-15/h3-4,9,13H,2,5-8,10H2,1H3. The van der Waals surface area contributed by atoms with E-state index in [-0.39, 0.29) is 0 Å². The molecule has 2 heterocycles. The summed E-state index contributed by atoms with van der Waals surface area (Å²) in [6.07, 6.45) is 3.20. The molecule has 4 heteroatoms. The van der Waals surface area contributed by atoms with Crippen LogP contribution in [0.4, 0.5) is 5.69 Å². The van der Waals surface area contributed by atoms with Crippen molar-refractivity contribution >= 4 is 17.4 Å². The molecule has 2 rings (SSSR count). The fourth-order valence-corrected chi connectivity index (χ4v) is 2.83. The van der Waals surface area contributed by atoms with E-state index in [9.17, 15) is 0 Å². The van der Waals surface area contributed by atoms with Gasteiger partial charge in [0.2, 0.25) is 0 Å². The summed E-state index contributed by atoms with van der Waals surface area (Å²) in [5, 5.41) is 3.14. The van der Waals surface area contributed by atoms with Crippen LogP contribution in [0.25, 0.3) is 0 Å². The highest BCUT2D eigenvalue weighted by Crippen LogP contribution is 2.19. The summed E-state index contributed by atoms with van der Waals surface area (Å²) in [5.74, 6) is 2.54. The van der Waals surface area contributed by atoms with Crippen molar-refractivity contribution in [2.24, 2.45) is 0 Å². The Bertz CT molecular complexity index is 322. The third-order valence-electron chi connectivity index (χ3n) is 2.75. The lowest BCUT2D eigenvalue weighted by atomic mass is 10.2. The molecule has 1 saturated heterocycles. The van der Waals surface area contributed by atoms with Gasteiger partial charge in [0.15, 0.2) is 0 Å². The van der Waals surface area contributed by atoms with Crippen molar-refractivity contribution in [3.63, 3.8) is 0 Å². The lowest BCUT2D eigenvalue weighted by Gasteiger charge is -2.22. The molecular formula is C12H19N3S. The first kappa shape index (κ1) is 11.7. The number of anilines is 1. The SMILES string of the molecule is CNCc1cc(N2CCCSCC2)ccn1. The first-order valence-electron chi connectivity index (χ1n) is 5.82. The molecule has 0 spiro atoms. The molecule has 1 aliphatic heterocycles. The molecule has 0 bridgehead atoms. The Morgan fingerprint density at radius 3 is 3.25 bits per heavy atom.